The molecule has 10 heteroatoms. The van der Waals surface area contributed by atoms with Crippen LogP contribution in [0.15, 0.2) is 48.5 Å². The van der Waals surface area contributed by atoms with E-state index in [1.165, 1.54) is 19.2 Å². The molecule has 162 valence electrons. The Balaban J connectivity index is 1.56. The number of esters is 1. The van der Waals surface area contributed by atoms with Crippen molar-refractivity contribution < 1.29 is 24.4 Å². The highest BCUT2D eigenvalue weighted by Crippen LogP contribution is 2.42. The van der Waals surface area contributed by atoms with Gasteiger partial charge in [0.25, 0.3) is 5.69 Å². The number of fused-ring (bicyclic) bond motifs is 1. The minimum atomic E-state index is -0.898. The summed E-state index contributed by atoms with van der Waals surface area (Å²) in [4.78, 5) is 34.2. The number of piperidine rings is 1. The van der Waals surface area contributed by atoms with Crippen LogP contribution in [0.2, 0.25) is 0 Å². The number of benzene rings is 2. The number of rotatable bonds is 5. The number of nitro groups is 1. The Kier molecular flexibility index (Phi) is 5.68. The monoisotopic (exact) mass is 426 g/mol. The van der Waals surface area contributed by atoms with Gasteiger partial charge in [-0.1, -0.05) is 24.3 Å². The van der Waals surface area contributed by atoms with Gasteiger partial charge >= 0.3 is 11.9 Å². The smallest absolute Gasteiger partial charge is 0.337 e. The molecular weight excluding hydrogens is 404 g/mol. The average molecular weight is 426 g/mol. The summed E-state index contributed by atoms with van der Waals surface area (Å²) in [6.07, 6.45) is 0.0429. The molecular formula is C21H22N4O6. The van der Waals surface area contributed by atoms with E-state index >= 15 is 0 Å². The van der Waals surface area contributed by atoms with Crippen LogP contribution in [0.3, 0.4) is 0 Å². The third kappa shape index (κ3) is 4.00. The SMILES string of the molecule is COC(=O)c1ccc(C2CC(C(=O)O)C3C(NNC3c3ccc([N+](=O)[O-])cc3)N2)cc1. The summed E-state index contributed by atoms with van der Waals surface area (Å²) in [6, 6.07) is 12.5. The number of nitrogens with one attached hydrogen (secondary N) is 3. The van der Waals surface area contributed by atoms with Crippen LogP contribution in [0.1, 0.15) is 40.0 Å². The summed E-state index contributed by atoms with van der Waals surface area (Å²) >= 11 is 0. The van der Waals surface area contributed by atoms with Gasteiger partial charge in [0.1, 0.15) is 0 Å². The van der Waals surface area contributed by atoms with E-state index in [1.54, 1.807) is 36.4 Å². The van der Waals surface area contributed by atoms with Crippen LogP contribution >= 0.6 is 0 Å². The maximum atomic E-state index is 12.1. The summed E-state index contributed by atoms with van der Waals surface area (Å²) in [5, 5.41) is 24.3. The summed E-state index contributed by atoms with van der Waals surface area (Å²) in [5.41, 5.74) is 8.34. The maximum Gasteiger partial charge on any atom is 0.337 e. The molecule has 2 heterocycles. The Morgan fingerprint density at radius 3 is 2.29 bits per heavy atom. The molecule has 2 aliphatic rings. The van der Waals surface area contributed by atoms with Gasteiger partial charge in [0, 0.05) is 24.1 Å². The molecule has 2 aromatic carbocycles. The van der Waals surface area contributed by atoms with Crippen molar-refractivity contribution in [1.82, 2.24) is 16.2 Å². The summed E-state index contributed by atoms with van der Waals surface area (Å²) < 4.78 is 4.71. The van der Waals surface area contributed by atoms with Crippen LogP contribution in [0.5, 0.6) is 0 Å². The van der Waals surface area contributed by atoms with Crippen LogP contribution < -0.4 is 16.2 Å². The Labute approximate surface area is 177 Å². The molecule has 10 nitrogen and oxygen atoms in total. The second-order valence-electron chi connectivity index (χ2n) is 7.68. The zero-order valence-electron chi connectivity index (χ0n) is 16.6. The highest BCUT2D eigenvalue weighted by Gasteiger charge is 2.49. The van der Waals surface area contributed by atoms with Crippen LogP contribution in [0.25, 0.3) is 0 Å². The van der Waals surface area contributed by atoms with Crippen molar-refractivity contribution in [2.45, 2.75) is 24.7 Å². The van der Waals surface area contributed by atoms with Gasteiger partial charge in [0.15, 0.2) is 0 Å². The molecule has 0 amide bonds. The van der Waals surface area contributed by atoms with Crippen molar-refractivity contribution in [2.24, 2.45) is 11.8 Å². The van der Waals surface area contributed by atoms with Gasteiger partial charge < -0.3 is 9.84 Å². The van der Waals surface area contributed by atoms with E-state index in [2.05, 4.69) is 16.2 Å². The molecule has 2 aromatic rings. The molecule has 0 aliphatic carbocycles. The number of hydrogen-bond donors (Lipinski definition) is 4. The summed E-state index contributed by atoms with van der Waals surface area (Å²) in [5.74, 6) is -2.28. The Morgan fingerprint density at radius 1 is 1.06 bits per heavy atom. The molecule has 0 bridgehead atoms. The lowest BCUT2D eigenvalue weighted by Crippen LogP contribution is -2.53. The first-order valence-corrected chi connectivity index (χ1v) is 9.81. The largest absolute Gasteiger partial charge is 0.481 e. The standard InChI is InChI=1S/C21H22N4O6/c1-31-21(28)13-4-2-11(3-5-13)16-10-15(20(26)27)17-18(23-24-19(17)22-16)12-6-8-14(9-7-12)25(29)30/h2-9,15-19,22-24H,10H2,1H3,(H,26,27). The fraction of sp³-hybridized carbons (Fsp3) is 0.333. The third-order valence-corrected chi connectivity index (χ3v) is 6.01. The number of carbonyl (C=O) groups is 2. The van der Waals surface area contributed by atoms with Crippen LogP contribution in [0, 0.1) is 22.0 Å². The summed E-state index contributed by atoms with van der Waals surface area (Å²) in [6.45, 7) is 0. The lowest BCUT2D eigenvalue weighted by molar-refractivity contribution is -0.384. The molecule has 4 rings (SSSR count). The lowest BCUT2D eigenvalue weighted by Gasteiger charge is -2.39. The van der Waals surface area contributed by atoms with Crippen molar-refractivity contribution >= 4 is 17.6 Å². The second kappa shape index (κ2) is 8.42. The number of hydrazine groups is 1. The van der Waals surface area contributed by atoms with E-state index < -0.39 is 22.8 Å². The maximum absolute atomic E-state index is 12.1. The fourth-order valence-electron chi connectivity index (χ4n) is 4.45. The predicted molar refractivity (Wildman–Crippen MR) is 109 cm³/mol. The first-order valence-electron chi connectivity index (χ1n) is 9.81. The van der Waals surface area contributed by atoms with Gasteiger partial charge in [0.05, 0.1) is 35.7 Å². The van der Waals surface area contributed by atoms with E-state index in [1.807, 2.05) is 0 Å². The van der Waals surface area contributed by atoms with Gasteiger partial charge in [-0.2, -0.15) is 0 Å². The van der Waals surface area contributed by atoms with Crippen LogP contribution in [-0.4, -0.2) is 35.2 Å². The number of non-ortho nitro benzene ring substituents is 1. The van der Waals surface area contributed by atoms with E-state index in [4.69, 9.17) is 4.74 Å². The molecule has 5 atom stereocenters. The van der Waals surface area contributed by atoms with Crippen LogP contribution in [0.4, 0.5) is 5.69 Å². The molecule has 0 spiro atoms. The predicted octanol–water partition coefficient (Wildman–Crippen LogP) is 1.91. The average Bonchev–Trinajstić information content (AvgIpc) is 3.22. The van der Waals surface area contributed by atoms with Crippen molar-refractivity contribution in [3.8, 4) is 0 Å². The zero-order chi connectivity index (χ0) is 22.1. The topological polar surface area (TPSA) is 143 Å². The number of aliphatic carboxylic acids is 1. The number of methoxy groups -OCH3 is 1. The quantitative estimate of drug-likeness (QED) is 0.320. The molecule has 5 unspecified atom stereocenters. The first kappa shape index (κ1) is 20.9. The van der Waals surface area contributed by atoms with Crippen molar-refractivity contribution in [3.63, 3.8) is 0 Å². The highest BCUT2D eigenvalue weighted by atomic mass is 16.6. The normalized spacial score (nSPS) is 27.3. The van der Waals surface area contributed by atoms with E-state index in [0.29, 0.717) is 12.0 Å². The fourth-order valence-corrected chi connectivity index (χ4v) is 4.45. The number of carboxylic acids is 1. The molecule has 2 saturated heterocycles. The number of nitrogens with zero attached hydrogens (tertiary/aromatic N) is 1. The number of hydrogen-bond acceptors (Lipinski definition) is 8. The first-order chi connectivity index (χ1) is 14.9. The molecule has 31 heavy (non-hydrogen) atoms. The lowest BCUT2D eigenvalue weighted by atomic mass is 9.75. The zero-order valence-corrected chi connectivity index (χ0v) is 16.6. The highest BCUT2D eigenvalue weighted by molar-refractivity contribution is 5.89. The number of ether oxygens (including phenoxy) is 1. The van der Waals surface area contributed by atoms with Crippen molar-refractivity contribution in [2.75, 3.05) is 7.11 Å². The molecule has 2 fully saturated rings. The van der Waals surface area contributed by atoms with Crippen molar-refractivity contribution in [1.29, 1.82) is 0 Å². The van der Waals surface area contributed by atoms with Gasteiger partial charge in [-0.3, -0.25) is 20.2 Å². The van der Waals surface area contributed by atoms with Gasteiger partial charge in [-0.15, -0.1) is 0 Å². The number of carbonyl (C=O) groups excluding carboxylic acids is 1. The van der Waals surface area contributed by atoms with Crippen LogP contribution in [-0.2, 0) is 9.53 Å². The molecule has 4 N–H and O–H groups in total. The Bertz CT molecular complexity index is 994. The minimum Gasteiger partial charge on any atom is -0.481 e. The Morgan fingerprint density at radius 2 is 1.71 bits per heavy atom. The van der Waals surface area contributed by atoms with Crippen molar-refractivity contribution in [3.05, 3.63) is 75.3 Å². The van der Waals surface area contributed by atoms with Gasteiger partial charge in [0.2, 0.25) is 0 Å². The molecule has 0 saturated carbocycles. The number of nitro benzene ring substituents is 1. The Hall–Kier alpha value is -3.34. The van der Waals surface area contributed by atoms with Gasteiger partial charge in [-0.05, 0) is 29.7 Å². The molecule has 0 radical (unpaired) electrons. The molecule has 0 aromatic heterocycles. The van der Waals surface area contributed by atoms with Gasteiger partial charge in [-0.25, -0.2) is 15.6 Å². The second-order valence-corrected chi connectivity index (χ2v) is 7.68. The van der Waals surface area contributed by atoms with E-state index in [0.717, 1.165) is 11.1 Å². The summed E-state index contributed by atoms with van der Waals surface area (Å²) in [7, 11) is 1.32. The van der Waals surface area contributed by atoms with E-state index in [9.17, 15) is 24.8 Å². The number of carboxylic acid groups (broad SMARTS) is 1. The van der Waals surface area contributed by atoms with E-state index in [-0.39, 0.29) is 29.9 Å². The molecule has 2 aliphatic heterocycles. The third-order valence-electron chi connectivity index (χ3n) is 6.01. The minimum absolute atomic E-state index is 0.0155.